The van der Waals surface area contributed by atoms with Crippen LogP contribution < -0.4 is 10.1 Å². The van der Waals surface area contributed by atoms with E-state index < -0.39 is 0 Å². The van der Waals surface area contributed by atoms with Gasteiger partial charge in [0.2, 0.25) is 5.91 Å². The molecule has 0 fully saturated rings. The molecule has 0 bridgehead atoms. The van der Waals surface area contributed by atoms with Crippen LogP contribution in [0.4, 0.5) is 0 Å². The molecule has 4 nitrogen and oxygen atoms in total. The van der Waals surface area contributed by atoms with Crippen molar-refractivity contribution < 1.29 is 9.53 Å². The van der Waals surface area contributed by atoms with Crippen molar-refractivity contribution in [1.29, 1.82) is 0 Å². The van der Waals surface area contributed by atoms with Crippen LogP contribution in [0.25, 0.3) is 0 Å². The van der Waals surface area contributed by atoms with Crippen LogP contribution >= 0.6 is 11.8 Å². The fourth-order valence-electron chi connectivity index (χ4n) is 2.64. The quantitative estimate of drug-likeness (QED) is 0.733. The molecule has 2 rings (SSSR count). The van der Waals surface area contributed by atoms with Gasteiger partial charge in [0, 0.05) is 17.0 Å². The number of thioether (sulfide) groups is 1. The van der Waals surface area contributed by atoms with Crippen LogP contribution in [0.3, 0.4) is 0 Å². The molecule has 25 heavy (non-hydrogen) atoms. The summed E-state index contributed by atoms with van der Waals surface area (Å²) in [5.41, 5.74) is 2.27. The van der Waals surface area contributed by atoms with Gasteiger partial charge in [-0.15, -0.1) is 11.8 Å². The van der Waals surface area contributed by atoms with Crippen LogP contribution in [-0.4, -0.2) is 44.3 Å². The van der Waals surface area contributed by atoms with Gasteiger partial charge in [-0.3, -0.25) is 4.79 Å². The fraction of sp³-hybridized carbons (Fsp3) is 0.350. The number of hydrogen-bond donors (Lipinski definition) is 1. The van der Waals surface area contributed by atoms with Gasteiger partial charge in [0.15, 0.2) is 0 Å². The predicted octanol–water partition coefficient (Wildman–Crippen LogP) is 3.51. The Balaban J connectivity index is 1.95. The largest absolute Gasteiger partial charge is 0.496 e. The Labute approximate surface area is 154 Å². The molecule has 0 radical (unpaired) electrons. The Kier molecular flexibility index (Phi) is 7.34. The molecule has 1 N–H and O–H groups in total. The molecule has 2 aromatic rings. The second kappa shape index (κ2) is 9.49. The number of nitrogens with one attached hydrogen (secondary N) is 1. The number of benzene rings is 2. The minimum absolute atomic E-state index is 0.0370. The summed E-state index contributed by atoms with van der Waals surface area (Å²) in [5.74, 6) is 1.29. The highest BCUT2D eigenvalue weighted by atomic mass is 32.2. The molecule has 0 saturated carbocycles. The molecule has 0 spiro atoms. The molecule has 0 aromatic heterocycles. The molecule has 0 aliphatic carbocycles. The number of likely N-dealkylation sites (N-methyl/N-ethyl adjacent to an activating group) is 1. The minimum Gasteiger partial charge on any atom is -0.496 e. The number of ether oxygens (including phenoxy) is 1. The van der Waals surface area contributed by atoms with Gasteiger partial charge in [-0.2, -0.15) is 0 Å². The molecular formula is C20H26N2O2S. The van der Waals surface area contributed by atoms with E-state index in [9.17, 15) is 4.79 Å². The molecule has 0 aliphatic heterocycles. The molecule has 134 valence electrons. The minimum atomic E-state index is 0.0370. The topological polar surface area (TPSA) is 41.6 Å². The van der Waals surface area contributed by atoms with Crippen LogP contribution in [0.5, 0.6) is 5.75 Å². The van der Waals surface area contributed by atoms with Crippen LogP contribution in [0.15, 0.2) is 53.4 Å². The number of carbonyl (C=O) groups is 1. The highest BCUT2D eigenvalue weighted by Crippen LogP contribution is 2.27. The number of hydrogen-bond acceptors (Lipinski definition) is 4. The summed E-state index contributed by atoms with van der Waals surface area (Å²) < 4.78 is 5.46. The number of rotatable bonds is 8. The zero-order valence-corrected chi connectivity index (χ0v) is 16.1. The van der Waals surface area contributed by atoms with Gasteiger partial charge < -0.3 is 15.0 Å². The molecule has 1 atom stereocenters. The Morgan fingerprint density at radius 1 is 1.16 bits per heavy atom. The van der Waals surface area contributed by atoms with Gasteiger partial charge in [-0.05, 0) is 38.7 Å². The predicted molar refractivity (Wildman–Crippen MR) is 104 cm³/mol. The maximum atomic E-state index is 12.3. The lowest BCUT2D eigenvalue weighted by molar-refractivity contribution is -0.118. The first-order valence-corrected chi connectivity index (χ1v) is 9.26. The lowest BCUT2D eigenvalue weighted by Crippen LogP contribution is -2.35. The number of methoxy groups -OCH3 is 1. The Bertz CT molecular complexity index is 704. The van der Waals surface area contributed by atoms with Crippen molar-refractivity contribution in [2.75, 3.05) is 33.5 Å². The van der Waals surface area contributed by atoms with Crippen molar-refractivity contribution in [3.8, 4) is 5.75 Å². The normalized spacial score (nSPS) is 12.0. The summed E-state index contributed by atoms with van der Waals surface area (Å²) in [5, 5.41) is 3.05. The number of aryl methyl sites for hydroxylation is 1. The van der Waals surface area contributed by atoms with Gasteiger partial charge in [0.05, 0.1) is 18.9 Å². The van der Waals surface area contributed by atoms with Crippen LogP contribution in [0.2, 0.25) is 0 Å². The summed E-state index contributed by atoms with van der Waals surface area (Å²) in [4.78, 5) is 15.5. The van der Waals surface area contributed by atoms with Crippen molar-refractivity contribution in [1.82, 2.24) is 10.2 Å². The van der Waals surface area contributed by atoms with Crippen molar-refractivity contribution in [2.24, 2.45) is 0 Å². The smallest absolute Gasteiger partial charge is 0.230 e. The number of nitrogens with zero attached hydrogens (tertiary/aromatic N) is 1. The van der Waals surface area contributed by atoms with E-state index in [1.807, 2.05) is 56.6 Å². The average molecular weight is 359 g/mol. The zero-order chi connectivity index (χ0) is 18.2. The van der Waals surface area contributed by atoms with E-state index in [1.54, 1.807) is 18.9 Å². The molecule has 1 amide bonds. The molecule has 0 aliphatic rings. The Hall–Kier alpha value is -1.98. The first kappa shape index (κ1) is 19.3. The average Bonchev–Trinajstić information content (AvgIpc) is 2.61. The molecule has 2 aromatic carbocycles. The van der Waals surface area contributed by atoms with Gasteiger partial charge in [-0.25, -0.2) is 0 Å². The maximum Gasteiger partial charge on any atom is 0.230 e. The van der Waals surface area contributed by atoms with Gasteiger partial charge in [-0.1, -0.05) is 36.4 Å². The van der Waals surface area contributed by atoms with Crippen LogP contribution in [0.1, 0.15) is 17.2 Å². The molecule has 0 unspecified atom stereocenters. The van der Waals surface area contributed by atoms with E-state index >= 15 is 0 Å². The van der Waals surface area contributed by atoms with Crippen molar-refractivity contribution in [3.05, 3.63) is 59.7 Å². The monoisotopic (exact) mass is 358 g/mol. The van der Waals surface area contributed by atoms with Gasteiger partial charge in [0.25, 0.3) is 0 Å². The van der Waals surface area contributed by atoms with E-state index in [2.05, 4.69) is 23.2 Å². The standard InChI is InChI=1S/C20H26N2O2S/c1-15-9-5-8-12-19(15)25-14-20(23)21-13-17(22(2)3)16-10-6-7-11-18(16)24-4/h5-12,17H,13-14H2,1-4H3,(H,21,23)/t17-/m0/s1. The summed E-state index contributed by atoms with van der Waals surface area (Å²) in [6.45, 7) is 2.60. The zero-order valence-electron chi connectivity index (χ0n) is 15.3. The van der Waals surface area contributed by atoms with Gasteiger partial charge >= 0.3 is 0 Å². The number of carbonyl (C=O) groups excluding carboxylic acids is 1. The second-order valence-corrected chi connectivity index (χ2v) is 7.10. The summed E-state index contributed by atoms with van der Waals surface area (Å²) in [6, 6.07) is 16.1. The summed E-state index contributed by atoms with van der Waals surface area (Å²) in [6.07, 6.45) is 0. The second-order valence-electron chi connectivity index (χ2n) is 6.08. The molecular weight excluding hydrogens is 332 g/mol. The van der Waals surface area contributed by atoms with Crippen LogP contribution in [-0.2, 0) is 4.79 Å². The number of amides is 1. The fourth-order valence-corrected chi connectivity index (χ4v) is 3.49. The third-order valence-corrected chi connectivity index (χ3v) is 5.24. The molecule has 5 heteroatoms. The van der Waals surface area contributed by atoms with Crippen molar-refractivity contribution >= 4 is 17.7 Å². The first-order chi connectivity index (χ1) is 12.0. The van der Waals surface area contributed by atoms with E-state index in [0.717, 1.165) is 16.2 Å². The van der Waals surface area contributed by atoms with Crippen molar-refractivity contribution in [2.45, 2.75) is 17.9 Å². The van der Waals surface area contributed by atoms with E-state index in [-0.39, 0.29) is 11.9 Å². The van der Waals surface area contributed by atoms with Gasteiger partial charge in [0.1, 0.15) is 5.75 Å². The number of para-hydroxylation sites is 1. The first-order valence-electron chi connectivity index (χ1n) is 8.27. The van der Waals surface area contributed by atoms with Crippen molar-refractivity contribution in [3.63, 3.8) is 0 Å². The van der Waals surface area contributed by atoms with E-state index in [1.165, 1.54) is 5.56 Å². The third-order valence-electron chi connectivity index (χ3n) is 4.07. The molecule has 0 heterocycles. The Morgan fingerprint density at radius 3 is 2.52 bits per heavy atom. The van der Waals surface area contributed by atoms with E-state index in [4.69, 9.17) is 4.74 Å². The summed E-state index contributed by atoms with van der Waals surface area (Å²) in [7, 11) is 5.68. The third kappa shape index (κ3) is 5.51. The highest BCUT2D eigenvalue weighted by Gasteiger charge is 2.19. The Morgan fingerprint density at radius 2 is 1.84 bits per heavy atom. The lowest BCUT2D eigenvalue weighted by Gasteiger charge is -2.26. The lowest BCUT2D eigenvalue weighted by atomic mass is 10.0. The highest BCUT2D eigenvalue weighted by molar-refractivity contribution is 8.00. The van der Waals surface area contributed by atoms with Crippen LogP contribution in [0, 0.1) is 6.92 Å². The maximum absolute atomic E-state index is 12.3. The summed E-state index contributed by atoms with van der Waals surface area (Å²) >= 11 is 1.57. The van der Waals surface area contributed by atoms with E-state index in [0.29, 0.717) is 12.3 Å². The SMILES string of the molecule is COc1ccccc1[C@H](CNC(=O)CSc1ccccc1C)N(C)C. The molecule has 0 saturated heterocycles.